The first-order valence-electron chi connectivity index (χ1n) is 4.90. The number of benzene rings is 1. The Balaban J connectivity index is 2.84. The van der Waals surface area contributed by atoms with E-state index in [0.717, 1.165) is 18.2 Å². The first-order valence-corrected chi connectivity index (χ1v) is 6.51. The smallest absolute Gasteiger partial charge is 0.388 e. The zero-order valence-electron chi connectivity index (χ0n) is 9.05. The Hall–Kier alpha value is -1.12. The van der Waals surface area contributed by atoms with Crippen molar-refractivity contribution in [2.75, 3.05) is 5.75 Å². The topological polar surface area (TPSA) is 74.6 Å². The molecule has 18 heavy (non-hydrogen) atoms. The molecule has 1 unspecified atom stereocenters. The summed E-state index contributed by atoms with van der Waals surface area (Å²) >= 11 is 0. The molecule has 0 aliphatic carbocycles. The average molecular weight is 284 g/mol. The van der Waals surface area contributed by atoms with Gasteiger partial charge in [-0.25, -0.2) is 0 Å². The lowest BCUT2D eigenvalue weighted by atomic mass is 10.0. The van der Waals surface area contributed by atoms with Crippen molar-refractivity contribution in [2.45, 2.75) is 18.7 Å². The number of hydrogen-bond donors (Lipinski definition) is 2. The summed E-state index contributed by atoms with van der Waals surface area (Å²) in [5.74, 6) is -0.718. The lowest BCUT2D eigenvalue weighted by Gasteiger charge is -2.13. The molecular formula is C10H11F3O4S. The van der Waals surface area contributed by atoms with Crippen molar-refractivity contribution in [3.05, 3.63) is 35.4 Å². The van der Waals surface area contributed by atoms with E-state index in [2.05, 4.69) is 0 Å². The highest BCUT2D eigenvalue weighted by molar-refractivity contribution is 7.85. The largest absolute Gasteiger partial charge is 0.416 e. The Kier molecular flexibility index (Phi) is 4.36. The molecule has 102 valence electrons. The summed E-state index contributed by atoms with van der Waals surface area (Å²) in [6.45, 7) is 0. The number of aliphatic hydroxyl groups excluding tert-OH is 1. The van der Waals surface area contributed by atoms with Crippen LogP contribution in [0.3, 0.4) is 0 Å². The molecule has 0 fully saturated rings. The van der Waals surface area contributed by atoms with Crippen LogP contribution in [0.15, 0.2) is 24.3 Å². The second-order valence-electron chi connectivity index (χ2n) is 3.71. The van der Waals surface area contributed by atoms with Crippen molar-refractivity contribution < 1.29 is 31.2 Å². The van der Waals surface area contributed by atoms with Gasteiger partial charge in [0.2, 0.25) is 0 Å². The Bertz CT molecular complexity index is 510. The first-order chi connectivity index (χ1) is 8.09. The van der Waals surface area contributed by atoms with Crippen LogP contribution in [-0.4, -0.2) is 23.8 Å². The van der Waals surface area contributed by atoms with Crippen molar-refractivity contribution in [1.82, 2.24) is 0 Å². The Labute approximate surface area is 102 Å². The van der Waals surface area contributed by atoms with Crippen molar-refractivity contribution in [1.29, 1.82) is 0 Å². The SMILES string of the molecule is O=S(=O)(O)CCC(O)c1cccc(C(F)(F)F)c1. The van der Waals surface area contributed by atoms with Crippen LogP contribution in [0, 0.1) is 0 Å². The molecule has 0 bridgehead atoms. The molecule has 0 saturated heterocycles. The average Bonchev–Trinajstić information content (AvgIpc) is 2.24. The Morgan fingerprint density at radius 1 is 1.28 bits per heavy atom. The van der Waals surface area contributed by atoms with Gasteiger partial charge in [-0.1, -0.05) is 12.1 Å². The third-order valence-electron chi connectivity index (χ3n) is 2.25. The molecular weight excluding hydrogens is 273 g/mol. The molecule has 0 spiro atoms. The molecule has 0 aromatic heterocycles. The van der Waals surface area contributed by atoms with Crippen molar-refractivity contribution in [3.8, 4) is 0 Å². The quantitative estimate of drug-likeness (QED) is 0.829. The maximum Gasteiger partial charge on any atom is 0.416 e. The van der Waals surface area contributed by atoms with Gasteiger partial charge in [0.15, 0.2) is 0 Å². The molecule has 0 aliphatic heterocycles. The van der Waals surface area contributed by atoms with Gasteiger partial charge in [-0.2, -0.15) is 21.6 Å². The van der Waals surface area contributed by atoms with Crippen molar-refractivity contribution in [2.24, 2.45) is 0 Å². The molecule has 1 aromatic rings. The van der Waals surface area contributed by atoms with Gasteiger partial charge in [-0.05, 0) is 24.1 Å². The molecule has 8 heteroatoms. The van der Waals surface area contributed by atoms with Crippen molar-refractivity contribution in [3.63, 3.8) is 0 Å². The third-order valence-corrected chi connectivity index (χ3v) is 3.00. The highest BCUT2D eigenvalue weighted by Crippen LogP contribution is 2.31. The fourth-order valence-corrected chi connectivity index (χ4v) is 1.87. The van der Waals surface area contributed by atoms with E-state index in [0.29, 0.717) is 0 Å². The van der Waals surface area contributed by atoms with Gasteiger partial charge in [0, 0.05) is 0 Å². The Morgan fingerprint density at radius 3 is 2.39 bits per heavy atom. The molecule has 4 nitrogen and oxygen atoms in total. The summed E-state index contributed by atoms with van der Waals surface area (Å²) in [5, 5.41) is 9.53. The van der Waals surface area contributed by atoms with E-state index in [-0.39, 0.29) is 12.0 Å². The summed E-state index contributed by atoms with van der Waals surface area (Å²) in [7, 11) is -4.25. The van der Waals surface area contributed by atoms with Crippen LogP contribution in [0.4, 0.5) is 13.2 Å². The minimum atomic E-state index is -4.53. The van der Waals surface area contributed by atoms with E-state index in [9.17, 15) is 26.7 Å². The molecule has 1 atom stereocenters. The zero-order valence-corrected chi connectivity index (χ0v) is 9.87. The molecule has 0 saturated carbocycles. The normalized spacial score (nSPS) is 14.5. The maximum atomic E-state index is 12.4. The van der Waals surface area contributed by atoms with E-state index in [4.69, 9.17) is 4.55 Å². The highest BCUT2D eigenvalue weighted by Gasteiger charge is 2.30. The van der Waals surface area contributed by atoms with Crippen LogP contribution in [0.25, 0.3) is 0 Å². The minimum absolute atomic E-state index is 0.0477. The van der Waals surface area contributed by atoms with Crippen molar-refractivity contribution >= 4 is 10.1 Å². The molecule has 2 N–H and O–H groups in total. The van der Waals surface area contributed by atoms with Gasteiger partial charge in [0.1, 0.15) is 0 Å². The van der Waals surface area contributed by atoms with Gasteiger partial charge >= 0.3 is 6.18 Å². The van der Waals surface area contributed by atoms with Gasteiger partial charge in [0.25, 0.3) is 10.1 Å². The fourth-order valence-electron chi connectivity index (χ4n) is 1.35. The molecule has 0 radical (unpaired) electrons. The molecule has 0 aliphatic rings. The molecule has 0 amide bonds. The number of alkyl halides is 3. The Morgan fingerprint density at radius 2 is 1.89 bits per heavy atom. The van der Waals surface area contributed by atoms with E-state index in [1.165, 1.54) is 6.07 Å². The van der Waals surface area contributed by atoms with E-state index in [1.807, 2.05) is 0 Å². The van der Waals surface area contributed by atoms with Gasteiger partial charge in [0.05, 0.1) is 17.4 Å². The molecule has 1 rings (SSSR count). The first kappa shape index (κ1) is 14.9. The van der Waals surface area contributed by atoms with E-state index in [1.54, 1.807) is 0 Å². The van der Waals surface area contributed by atoms with Crippen LogP contribution in [0.5, 0.6) is 0 Å². The maximum absolute atomic E-state index is 12.4. The van der Waals surface area contributed by atoms with Crippen LogP contribution in [0.1, 0.15) is 23.7 Å². The second kappa shape index (κ2) is 5.25. The van der Waals surface area contributed by atoms with Gasteiger partial charge in [-0.3, -0.25) is 4.55 Å². The summed E-state index contributed by atoms with van der Waals surface area (Å²) in [4.78, 5) is 0. The number of aliphatic hydroxyl groups is 1. The monoisotopic (exact) mass is 284 g/mol. The number of hydrogen-bond acceptors (Lipinski definition) is 3. The zero-order chi connectivity index (χ0) is 14.0. The van der Waals surface area contributed by atoms with E-state index < -0.39 is 33.7 Å². The number of rotatable bonds is 4. The predicted molar refractivity (Wildman–Crippen MR) is 57.4 cm³/mol. The summed E-state index contributed by atoms with van der Waals surface area (Å²) < 4.78 is 66.6. The lowest BCUT2D eigenvalue weighted by molar-refractivity contribution is -0.137. The summed E-state index contributed by atoms with van der Waals surface area (Å²) in [6.07, 6.45) is -6.28. The van der Waals surface area contributed by atoms with Crippen LogP contribution in [0.2, 0.25) is 0 Å². The van der Waals surface area contributed by atoms with Gasteiger partial charge < -0.3 is 5.11 Å². The fraction of sp³-hybridized carbons (Fsp3) is 0.400. The predicted octanol–water partition coefficient (Wildman–Crippen LogP) is 2.02. The van der Waals surface area contributed by atoms with Crippen LogP contribution >= 0.6 is 0 Å². The minimum Gasteiger partial charge on any atom is -0.388 e. The lowest BCUT2D eigenvalue weighted by Crippen LogP contribution is -2.10. The molecule has 1 aromatic carbocycles. The van der Waals surface area contributed by atoms with Gasteiger partial charge in [-0.15, -0.1) is 0 Å². The third kappa shape index (κ3) is 4.63. The van der Waals surface area contributed by atoms with Crippen LogP contribution in [-0.2, 0) is 16.3 Å². The van der Waals surface area contributed by atoms with E-state index >= 15 is 0 Å². The molecule has 0 heterocycles. The van der Waals surface area contributed by atoms with Crippen LogP contribution < -0.4 is 0 Å². The summed E-state index contributed by atoms with van der Waals surface area (Å²) in [5.41, 5.74) is -0.973. The second-order valence-corrected chi connectivity index (χ2v) is 5.29. The standard InChI is InChI=1S/C10H11F3O4S/c11-10(12,13)8-3-1-2-7(6-8)9(14)4-5-18(15,16)17/h1-3,6,9,14H,4-5H2,(H,15,16,17). The highest BCUT2D eigenvalue weighted by atomic mass is 32.2. The summed E-state index contributed by atoms with van der Waals surface area (Å²) in [6, 6.07) is 3.96. The number of halogens is 3.